The molecule has 0 aliphatic heterocycles. The molecule has 0 aromatic heterocycles. The summed E-state index contributed by atoms with van der Waals surface area (Å²) in [6.07, 6.45) is 0.881. The van der Waals surface area contributed by atoms with E-state index in [9.17, 15) is 0 Å². The third kappa shape index (κ3) is 3.65. The highest BCUT2D eigenvalue weighted by molar-refractivity contribution is 5.61. The van der Waals surface area contributed by atoms with Gasteiger partial charge in [0, 0.05) is 32.3 Å². The molecule has 0 aliphatic rings. The number of nitrogens with zero attached hydrogens (tertiary/aromatic N) is 1. The van der Waals surface area contributed by atoms with Gasteiger partial charge in [0.15, 0.2) is 0 Å². The standard InChI is InChI=1S/C16H20N2O/c1-18(2)14-8-9-15(17)16(12-14)19-11-10-13-6-4-3-5-7-13/h3-9,12H,10-11,17H2,1-2H3. The fourth-order valence-electron chi connectivity index (χ4n) is 1.85. The van der Waals surface area contributed by atoms with Crippen LogP contribution in [-0.2, 0) is 6.42 Å². The van der Waals surface area contributed by atoms with Crippen LogP contribution >= 0.6 is 0 Å². The molecule has 3 heteroatoms. The van der Waals surface area contributed by atoms with Crippen molar-refractivity contribution in [1.29, 1.82) is 0 Å². The van der Waals surface area contributed by atoms with Gasteiger partial charge in [-0.05, 0) is 17.7 Å². The Labute approximate surface area is 114 Å². The lowest BCUT2D eigenvalue weighted by Crippen LogP contribution is -2.10. The quantitative estimate of drug-likeness (QED) is 0.836. The second kappa shape index (κ2) is 6.14. The number of ether oxygens (including phenoxy) is 1. The fraction of sp³-hybridized carbons (Fsp3) is 0.250. The number of nitrogens with two attached hydrogens (primary N) is 1. The fourth-order valence-corrected chi connectivity index (χ4v) is 1.85. The maximum absolute atomic E-state index is 5.93. The summed E-state index contributed by atoms with van der Waals surface area (Å²) in [4.78, 5) is 2.03. The van der Waals surface area contributed by atoms with E-state index in [1.165, 1.54) is 5.56 Å². The van der Waals surface area contributed by atoms with Gasteiger partial charge in [-0.25, -0.2) is 0 Å². The number of hydrogen-bond donors (Lipinski definition) is 1. The molecule has 100 valence electrons. The average molecular weight is 256 g/mol. The van der Waals surface area contributed by atoms with E-state index in [2.05, 4.69) is 12.1 Å². The SMILES string of the molecule is CN(C)c1ccc(N)c(OCCc2ccccc2)c1. The molecule has 2 aromatic rings. The predicted octanol–water partition coefficient (Wildman–Crippen LogP) is 2.96. The third-order valence-electron chi connectivity index (χ3n) is 3.00. The highest BCUT2D eigenvalue weighted by Crippen LogP contribution is 2.26. The first kappa shape index (κ1) is 13.3. The molecule has 19 heavy (non-hydrogen) atoms. The summed E-state index contributed by atoms with van der Waals surface area (Å²) in [5.74, 6) is 0.752. The van der Waals surface area contributed by atoms with Crippen LogP contribution in [0.5, 0.6) is 5.75 Å². The molecule has 0 saturated heterocycles. The van der Waals surface area contributed by atoms with Crippen molar-refractivity contribution in [3.63, 3.8) is 0 Å². The maximum Gasteiger partial charge on any atom is 0.144 e. The monoisotopic (exact) mass is 256 g/mol. The lowest BCUT2D eigenvalue weighted by Gasteiger charge is -2.15. The Bertz CT molecular complexity index is 524. The van der Waals surface area contributed by atoms with E-state index in [1.54, 1.807) is 0 Å². The third-order valence-corrected chi connectivity index (χ3v) is 3.00. The largest absolute Gasteiger partial charge is 0.491 e. The van der Waals surface area contributed by atoms with Gasteiger partial charge in [0.05, 0.1) is 12.3 Å². The van der Waals surface area contributed by atoms with Gasteiger partial charge in [0.1, 0.15) is 5.75 Å². The molecule has 0 aliphatic carbocycles. The molecule has 2 rings (SSSR count). The molecule has 0 fully saturated rings. The van der Waals surface area contributed by atoms with Crippen molar-refractivity contribution >= 4 is 11.4 Å². The number of nitrogen functional groups attached to an aromatic ring is 1. The Balaban J connectivity index is 1.97. The van der Waals surface area contributed by atoms with Crippen molar-refractivity contribution in [3.05, 3.63) is 54.1 Å². The molecule has 0 radical (unpaired) electrons. The van der Waals surface area contributed by atoms with Gasteiger partial charge in [0.2, 0.25) is 0 Å². The number of anilines is 2. The molecule has 0 spiro atoms. The summed E-state index contributed by atoms with van der Waals surface area (Å²) in [6.45, 7) is 0.630. The van der Waals surface area contributed by atoms with Crippen LogP contribution in [0.15, 0.2) is 48.5 Å². The van der Waals surface area contributed by atoms with E-state index < -0.39 is 0 Å². The van der Waals surface area contributed by atoms with Crippen LogP contribution in [0.1, 0.15) is 5.56 Å². The van der Waals surface area contributed by atoms with Crippen molar-refractivity contribution < 1.29 is 4.74 Å². The van der Waals surface area contributed by atoms with Gasteiger partial charge < -0.3 is 15.4 Å². The molecule has 3 nitrogen and oxygen atoms in total. The molecule has 0 saturated carbocycles. The zero-order valence-electron chi connectivity index (χ0n) is 11.5. The summed E-state index contributed by atoms with van der Waals surface area (Å²) in [7, 11) is 4.00. The zero-order valence-corrected chi connectivity index (χ0v) is 11.5. The first-order valence-electron chi connectivity index (χ1n) is 6.40. The van der Waals surface area contributed by atoms with Crippen molar-refractivity contribution in [2.75, 3.05) is 31.3 Å². The van der Waals surface area contributed by atoms with Gasteiger partial charge in [0.25, 0.3) is 0 Å². The zero-order chi connectivity index (χ0) is 13.7. The van der Waals surface area contributed by atoms with Gasteiger partial charge in [-0.2, -0.15) is 0 Å². The minimum atomic E-state index is 0.630. The Kier molecular flexibility index (Phi) is 4.29. The van der Waals surface area contributed by atoms with Crippen molar-refractivity contribution in [2.45, 2.75) is 6.42 Å². The van der Waals surface area contributed by atoms with E-state index in [0.717, 1.165) is 17.9 Å². The number of benzene rings is 2. The highest BCUT2D eigenvalue weighted by Gasteiger charge is 2.04. The van der Waals surface area contributed by atoms with Crippen LogP contribution in [0.4, 0.5) is 11.4 Å². The van der Waals surface area contributed by atoms with Gasteiger partial charge in [-0.15, -0.1) is 0 Å². The van der Waals surface area contributed by atoms with Crippen LogP contribution in [-0.4, -0.2) is 20.7 Å². The first-order valence-corrected chi connectivity index (χ1v) is 6.40. The van der Waals surface area contributed by atoms with Crippen molar-refractivity contribution in [2.24, 2.45) is 0 Å². The van der Waals surface area contributed by atoms with Crippen LogP contribution < -0.4 is 15.4 Å². The summed E-state index contributed by atoms with van der Waals surface area (Å²) in [6, 6.07) is 16.1. The molecular weight excluding hydrogens is 236 g/mol. The Morgan fingerprint density at radius 1 is 1.05 bits per heavy atom. The predicted molar refractivity (Wildman–Crippen MR) is 80.8 cm³/mol. The van der Waals surface area contributed by atoms with E-state index in [1.807, 2.05) is 55.4 Å². The smallest absolute Gasteiger partial charge is 0.144 e. The highest BCUT2D eigenvalue weighted by atomic mass is 16.5. The van der Waals surface area contributed by atoms with Crippen LogP contribution in [0.25, 0.3) is 0 Å². The molecule has 0 heterocycles. The van der Waals surface area contributed by atoms with E-state index in [4.69, 9.17) is 10.5 Å². The van der Waals surface area contributed by atoms with Gasteiger partial charge >= 0.3 is 0 Å². The Hall–Kier alpha value is -2.16. The minimum absolute atomic E-state index is 0.630. The number of rotatable bonds is 5. The summed E-state index contributed by atoms with van der Waals surface area (Å²) < 4.78 is 5.78. The molecular formula is C16H20N2O. The second-order valence-corrected chi connectivity index (χ2v) is 4.70. The number of hydrogen-bond acceptors (Lipinski definition) is 3. The summed E-state index contributed by atoms with van der Waals surface area (Å²) in [5.41, 5.74) is 8.96. The Morgan fingerprint density at radius 3 is 2.47 bits per heavy atom. The van der Waals surface area contributed by atoms with Crippen LogP contribution in [0, 0.1) is 0 Å². The van der Waals surface area contributed by atoms with Crippen molar-refractivity contribution in [3.8, 4) is 5.75 Å². The summed E-state index contributed by atoms with van der Waals surface area (Å²) >= 11 is 0. The molecule has 2 N–H and O–H groups in total. The molecule has 0 atom stereocenters. The first-order chi connectivity index (χ1) is 9.16. The topological polar surface area (TPSA) is 38.5 Å². The lowest BCUT2D eigenvalue weighted by molar-refractivity contribution is 0.324. The normalized spacial score (nSPS) is 10.2. The van der Waals surface area contributed by atoms with E-state index in [0.29, 0.717) is 12.3 Å². The average Bonchev–Trinajstić information content (AvgIpc) is 2.42. The van der Waals surface area contributed by atoms with E-state index >= 15 is 0 Å². The second-order valence-electron chi connectivity index (χ2n) is 4.70. The van der Waals surface area contributed by atoms with Crippen molar-refractivity contribution in [1.82, 2.24) is 0 Å². The molecule has 2 aromatic carbocycles. The summed E-state index contributed by atoms with van der Waals surface area (Å²) in [5, 5.41) is 0. The van der Waals surface area contributed by atoms with E-state index in [-0.39, 0.29) is 0 Å². The minimum Gasteiger partial charge on any atom is -0.491 e. The van der Waals surface area contributed by atoms with Crippen LogP contribution in [0.3, 0.4) is 0 Å². The molecule has 0 amide bonds. The maximum atomic E-state index is 5.93. The Morgan fingerprint density at radius 2 is 1.79 bits per heavy atom. The van der Waals surface area contributed by atoms with Gasteiger partial charge in [-0.3, -0.25) is 0 Å². The lowest BCUT2D eigenvalue weighted by atomic mass is 10.2. The van der Waals surface area contributed by atoms with Gasteiger partial charge in [-0.1, -0.05) is 30.3 Å². The van der Waals surface area contributed by atoms with Crippen LogP contribution in [0.2, 0.25) is 0 Å². The molecule has 0 unspecified atom stereocenters. The molecule has 0 bridgehead atoms.